The van der Waals surface area contributed by atoms with E-state index >= 15 is 0 Å². The highest BCUT2D eigenvalue weighted by atomic mass is 32.2. The average Bonchev–Trinajstić information content (AvgIpc) is 3.04. The van der Waals surface area contributed by atoms with Crippen LogP contribution >= 0.6 is 24.0 Å². The van der Waals surface area contributed by atoms with E-state index in [-0.39, 0.29) is 23.8 Å². The highest BCUT2D eigenvalue weighted by Gasteiger charge is 2.32. The number of fused-ring (bicyclic) bond motifs is 1. The number of nitrogens with one attached hydrogen (secondary N) is 1. The summed E-state index contributed by atoms with van der Waals surface area (Å²) in [5.74, 6) is -0.194. The molecule has 0 radical (unpaired) electrons. The van der Waals surface area contributed by atoms with Crippen molar-refractivity contribution >= 4 is 51.7 Å². The molecule has 0 unspecified atom stereocenters. The van der Waals surface area contributed by atoms with Crippen molar-refractivity contribution in [2.45, 2.75) is 26.8 Å². The lowest BCUT2D eigenvalue weighted by atomic mass is 10.2. The normalized spacial score (nSPS) is 15.2. The lowest BCUT2D eigenvalue weighted by Gasteiger charge is -2.14. The van der Waals surface area contributed by atoms with E-state index in [1.165, 1.54) is 21.4 Å². The number of anilines is 1. The zero-order valence-corrected chi connectivity index (χ0v) is 19.2. The Kier molecular flexibility index (Phi) is 6.38. The number of rotatable bonds is 6. The Labute approximate surface area is 194 Å². The number of halogens is 1. The third-order valence-corrected chi connectivity index (χ3v) is 6.41. The highest BCUT2D eigenvalue weighted by Crippen LogP contribution is 2.34. The van der Waals surface area contributed by atoms with Crippen LogP contribution in [-0.2, 0) is 11.3 Å². The van der Waals surface area contributed by atoms with E-state index in [9.17, 15) is 14.0 Å². The number of thioether (sulfide) groups is 1. The first-order valence-corrected chi connectivity index (χ1v) is 11.4. The first kappa shape index (κ1) is 22.2. The molecule has 1 aliphatic heterocycles. The van der Waals surface area contributed by atoms with Gasteiger partial charge >= 0.3 is 0 Å². The molecule has 2 aromatic heterocycles. The van der Waals surface area contributed by atoms with Crippen LogP contribution in [0.5, 0.6) is 0 Å². The van der Waals surface area contributed by atoms with Gasteiger partial charge in [-0.2, -0.15) is 0 Å². The molecule has 0 bridgehead atoms. The van der Waals surface area contributed by atoms with Crippen molar-refractivity contribution in [1.29, 1.82) is 0 Å². The number of carbonyl (C=O) groups excluding carboxylic acids is 1. The molecule has 0 spiro atoms. The van der Waals surface area contributed by atoms with E-state index in [2.05, 4.69) is 10.3 Å². The number of hydrogen-bond donors (Lipinski definition) is 1. The van der Waals surface area contributed by atoms with Gasteiger partial charge in [-0.1, -0.05) is 49.1 Å². The minimum Gasteiger partial charge on any atom is -0.369 e. The molecule has 0 atom stereocenters. The molecule has 4 rings (SSSR count). The quantitative estimate of drug-likeness (QED) is 0.428. The summed E-state index contributed by atoms with van der Waals surface area (Å²) >= 11 is 6.54. The Morgan fingerprint density at radius 1 is 1.22 bits per heavy atom. The van der Waals surface area contributed by atoms with Crippen molar-refractivity contribution in [3.05, 3.63) is 80.4 Å². The smallest absolute Gasteiger partial charge is 0.267 e. The second-order valence-electron chi connectivity index (χ2n) is 7.39. The zero-order valence-electron chi connectivity index (χ0n) is 17.6. The maximum atomic E-state index is 13.3. The molecule has 1 N–H and O–H groups in total. The van der Waals surface area contributed by atoms with E-state index < -0.39 is 0 Å². The number of benzene rings is 1. The SMILES string of the molecule is CCCNc1nc2c(C)cccn2c(=O)c1/C=C1/SC(=S)N(Cc2ccc(F)cc2)C1=O. The average molecular weight is 469 g/mol. The fraction of sp³-hybridized carbons (Fsp3) is 0.217. The minimum absolute atomic E-state index is 0.234. The summed E-state index contributed by atoms with van der Waals surface area (Å²) in [6.07, 6.45) is 4.08. The van der Waals surface area contributed by atoms with Gasteiger partial charge in [0.1, 0.15) is 21.6 Å². The first-order chi connectivity index (χ1) is 15.4. The third kappa shape index (κ3) is 4.31. The molecule has 1 amide bonds. The van der Waals surface area contributed by atoms with Gasteiger partial charge in [0.25, 0.3) is 11.5 Å². The van der Waals surface area contributed by atoms with E-state index in [0.29, 0.717) is 32.8 Å². The number of amides is 1. The number of aromatic nitrogens is 2. The maximum absolute atomic E-state index is 13.3. The number of pyridine rings is 1. The van der Waals surface area contributed by atoms with Gasteiger partial charge in [0.05, 0.1) is 17.0 Å². The molecule has 32 heavy (non-hydrogen) atoms. The zero-order chi connectivity index (χ0) is 22.8. The largest absolute Gasteiger partial charge is 0.369 e. The Hall–Kier alpha value is -3.04. The molecule has 0 saturated carbocycles. The fourth-order valence-corrected chi connectivity index (χ4v) is 4.60. The number of aryl methyl sites for hydroxylation is 1. The van der Waals surface area contributed by atoms with Crippen molar-refractivity contribution in [2.24, 2.45) is 0 Å². The number of nitrogens with zero attached hydrogens (tertiary/aromatic N) is 3. The molecule has 9 heteroatoms. The predicted octanol–water partition coefficient (Wildman–Crippen LogP) is 4.37. The highest BCUT2D eigenvalue weighted by molar-refractivity contribution is 8.26. The van der Waals surface area contributed by atoms with Gasteiger partial charge in [0.2, 0.25) is 0 Å². The van der Waals surface area contributed by atoms with E-state index in [4.69, 9.17) is 12.2 Å². The summed E-state index contributed by atoms with van der Waals surface area (Å²) in [5, 5.41) is 3.21. The molecule has 164 valence electrons. The van der Waals surface area contributed by atoms with Crippen LogP contribution in [0.2, 0.25) is 0 Å². The molecule has 6 nitrogen and oxygen atoms in total. The third-order valence-electron chi connectivity index (χ3n) is 5.03. The number of thiocarbonyl (C=S) groups is 1. The van der Waals surface area contributed by atoms with Gasteiger partial charge in [-0.15, -0.1) is 0 Å². The monoisotopic (exact) mass is 468 g/mol. The van der Waals surface area contributed by atoms with Crippen LogP contribution in [0, 0.1) is 12.7 Å². The summed E-state index contributed by atoms with van der Waals surface area (Å²) < 4.78 is 15.1. The Morgan fingerprint density at radius 3 is 2.69 bits per heavy atom. The molecule has 1 aliphatic rings. The van der Waals surface area contributed by atoms with Crippen molar-refractivity contribution in [1.82, 2.24) is 14.3 Å². The summed E-state index contributed by atoms with van der Waals surface area (Å²) in [7, 11) is 0. The second-order valence-corrected chi connectivity index (χ2v) is 9.06. The van der Waals surface area contributed by atoms with Crippen LogP contribution in [0.1, 0.15) is 30.0 Å². The van der Waals surface area contributed by atoms with Crippen molar-refractivity contribution < 1.29 is 9.18 Å². The van der Waals surface area contributed by atoms with Gasteiger partial charge in [0, 0.05) is 12.7 Å². The Balaban J connectivity index is 1.74. The van der Waals surface area contributed by atoms with Gasteiger partial charge in [-0.25, -0.2) is 9.37 Å². The Bertz CT molecular complexity index is 1300. The summed E-state index contributed by atoms with van der Waals surface area (Å²) in [5.41, 5.74) is 2.25. The molecule has 1 saturated heterocycles. The first-order valence-electron chi connectivity index (χ1n) is 10.1. The van der Waals surface area contributed by atoms with Gasteiger partial charge < -0.3 is 5.32 Å². The lowest BCUT2D eigenvalue weighted by molar-refractivity contribution is -0.122. The molecule has 0 aliphatic carbocycles. The van der Waals surface area contributed by atoms with E-state index in [1.807, 2.05) is 19.9 Å². The maximum Gasteiger partial charge on any atom is 0.267 e. The molecule has 3 aromatic rings. The second kappa shape index (κ2) is 9.22. The molecule has 1 aromatic carbocycles. The molecule has 3 heterocycles. The standard InChI is InChI=1S/C23H21FN4O2S2/c1-3-10-25-19-17(21(29)27-11-4-5-14(2)20(27)26-19)12-18-22(30)28(23(31)32-18)13-15-6-8-16(24)9-7-15/h4-9,11-12,25H,3,10,13H2,1-2H3/b18-12+. The molecule has 1 fully saturated rings. The topological polar surface area (TPSA) is 66.7 Å². The number of carbonyl (C=O) groups is 1. The van der Waals surface area contributed by atoms with Crippen LogP contribution in [0.25, 0.3) is 11.7 Å². The van der Waals surface area contributed by atoms with Gasteiger partial charge in [-0.05, 0) is 48.7 Å². The fourth-order valence-electron chi connectivity index (χ4n) is 3.36. The Morgan fingerprint density at radius 2 is 1.97 bits per heavy atom. The van der Waals surface area contributed by atoms with Gasteiger partial charge in [0.15, 0.2) is 0 Å². The van der Waals surface area contributed by atoms with E-state index in [0.717, 1.165) is 29.3 Å². The van der Waals surface area contributed by atoms with E-state index in [1.54, 1.807) is 30.5 Å². The van der Waals surface area contributed by atoms with Gasteiger partial charge in [-0.3, -0.25) is 18.9 Å². The summed E-state index contributed by atoms with van der Waals surface area (Å²) in [6, 6.07) is 9.61. The van der Waals surface area contributed by atoms with Crippen molar-refractivity contribution in [3.8, 4) is 0 Å². The molecular formula is C23H21FN4O2S2. The summed E-state index contributed by atoms with van der Waals surface area (Å²) in [4.78, 5) is 32.8. The summed E-state index contributed by atoms with van der Waals surface area (Å²) in [6.45, 7) is 4.79. The molecular weight excluding hydrogens is 447 g/mol. The lowest BCUT2D eigenvalue weighted by Crippen LogP contribution is -2.27. The van der Waals surface area contributed by atoms with Crippen LogP contribution in [0.3, 0.4) is 0 Å². The van der Waals surface area contributed by atoms with Crippen LogP contribution < -0.4 is 10.9 Å². The van der Waals surface area contributed by atoms with Crippen LogP contribution in [0.4, 0.5) is 10.2 Å². The van der Waals surface area contributed by atoms with Crippen molar-refractivity contribution in [2.75, 3.05) is 11.9 Å². The van der Waals surface area contributed by atoms with Crippen molar-refractivity contribution in [3.63, 3.8) is 0 Å². The van der Waals surface area contributed by atoms with Crippen LogP contribution in [-0.4, -0.2) is 31.1 Å². The predicted molar refractivity (Wildman–Crippen MR) is 130 cm³/mol. The minimum atomic E-state index is -0.342. The number of hydrogen-bond acceptors (Lipinski definition) is 6. The van der Waals surface area contributed by atoms with Crippen LogP contribution in [0.15, 0.2) is 52.3 Å².